The predicted molar refractivity (Wildman–Crippen MR) is 366 cm³/mol. The van der Waals surface area contributed by atoms with Crippen molar-refractivity contribution in [1.29, 1.82) is 0 Å². The van der Waals surface area contributed by atoms with E-state index in [1.807, 2.05) is 41.5 Å². The zero-order valence-electron chi connectivity index (χ0n) is 60.7. The fraction of sp³-hybridized carbons (Fsp3) is 0.746. The van der Waals surface area contributed by atoms with Crippen LogP contribution < -0.4 is 21.3 Å². The molecule has 554 valence electrons. The Morgan fingerprint density at radius 1 is 0.646 bits per heavy atom. The molecule has 1 spiro atoms. The number of fused-ring (bicyclic) bond motifs is 1. The van der Waals surface area contributed by atoms with Gasteiger partial charge in [0.05, 0.1) is 36.6 Å². The van der Waals surface area contributed by atoms with Crippen LogP contribution in [0.15, 0.2) is 18.2 Å². The standard InChI is InChI=1S/C71H110ClF3N12O12/c1-15-44(5)59-67(98)82(11)40-57(90)80(9)41-58(91)84(13)54(37-46-23-18-17-19-24-46)66(97)81(10)39-55(88)76-50(29-27-47-26-28-48(49(72)36-47)71(73,74)75)65(96)87-33-22-25-52(87)62(93)79-70(30-20-21-31-70)68(99)85(14)60(45(6)16-2)63(94)77-51(64(95)86-34-32-69(7,8)42-86)38-56(89)83(12)53(35-43(3)4)61(92)78-59/h26,28,36,43-46,50-54,59-60H,15-25,27,29-35,37-42H2,1-14H3,(H,76,88)(H,77,94)(H,78,92)(H,79,93)/t44-,45-,50-,51-,52?,53-,54-,59-,60-/m0/s1. The lowest BCUT2D eigenvalue weighted by Gasteiger charge is -2.40. The number of likely N-dealkylation sites (N-methyl/N-ethyl adjacent to an activating group) is 6. The van der Waals surface area contributed by atoms with Crippen molar-refractivity contribution >= 4 is 82.5 Å². The molecule has 3 saturated heterocycles. The molecule has 24 nitrogen and oxygen atoms in total. The average Bonchev–Trinajstić information content (AvgIpc) is 1.71. The Bertz CT molecular complexity index is 3100. The van der Waals surface area contributed by atoms with Crippen molar-refractivity contribution in [2.24, 2.45) is 29.1 Å². The Morgan fingerprint density at radius 3 is 1.85 bits per heavy atom. The number of hydrogen-bond donors (Lipinski definition) is 4. The summed E-state index contributed by atoms with van der Waals surface area (Å²) in [6, 6.07) is -5.77. The second-order valence-corrected chi connectivity index (χ2v) is 30.5. The van der Waals surface area contributed by atoms with E-state index in [0.29, 0.717) is 57.2 Å². The van der Waals surface area contributed by atoms with Crippen LogP contribution in [0.2, 0.25) is 5.02 Å². The van der Waals surface area contributed by atoms with Gasteiger partial charge in [0.15, 0.2) is 0 Å². The van der Waals surface area contributed by atoms with Gasteiger partial charge in [-0.05, 0) is 105 Å². The third-order valence-corrected chi connectivity index (χ3v) is 21.6. The molecule has 1 aromatic carbocycles. The minimum Gasteiger partial charge on any atom is -0.343 e. The highest BCUT2D eigenvalue weighted by Crippen LogP contribution is 2.37. The minimum atomic E-state index is -4.76. The van der Waals surface area contributed by atoms with Gasteiger partial charge in [0, 0.05) is 61.9 Å². The molecule has 5 fully saturated rings. The molecule has 0 bridgehead atoms. The summed E-state index contributed by atoms with van der Waals surface area (Å²) in [7, 11) is 8.43. The van der Waals surface area contributed by atoms with Gasteiger partial charge in [-0.25, -0.2) is 0 Å². The van der Waals surface area contributed by atoms with E-state index in [0.717, 1.165) is 58.9 Å². The summed E-state index contributed by atoms with van der Waals surface area (Å²) >= 11 is 6.14. The van der Waals surface area contributed by atoms with Gasteiger partial charge < -0.3 is 60.5 Å². The zero-order valence-corrected chi connectivity index (χ0v) is 61.5. The van der Waals surface area contributed by atoms with Gasteiger partial charge in [-0.15, -0.1) is 0 Å². The van der Waals surface area contributed by atoms with Crippen LogP contribution in [0.5, 0.6) is 0 Å². The molecular formula is C71H110ClF3N12O12. The summed E-state index contributed by atoms with van der Waals surface area (Å²) in [4.78, 5) is 188. The van der Waals surface area contributed by atoms with Crippen LogP contribution in [0.3, 0.4) is 0 Å². The summed E-state index contributed by atoms with van der Waals surface area (Å²) in [5, 5.41) is 11.0. The maximum Gasteiger partial charge on any atom is 0.417 e. The summed E-state index contributed by atoms with van der Waals surface area (Å²) < 4.78 is 41.5. The largest absolute Gasteiger partial charge is 0.417 e. The Balaban J connectivity index is 1.42. The van der Waals surface area contributed by atoms with Crippen LogP contribution in [0.25, 0.3) is 0 Å². The fourth-order valence-corrected chi connectivity index (χ4v) is 15.0. The fourth-order valence-electron chi connectivity index (χ4n) is 14.7. The van der Waals surface area contributed by atoms with Crippen LogP contribution >= 0.6 is 11.6 Å². The topological polar surface area (TPSA) is 279 Å². The molecule has 12 amide bonds. The third-order valence-electron chi connectivity index (χ3n) is 21.3. The number of nitrogens with zero attached hydrogens (tertiary/aromatic N) is 8. The van der Waals surface area contributed by atoms with Crippen molar-refractivity contribution in [3.8, 4) is 0 Å². The maximum absolute atomic E-state index is 15.4. The van der Waals surface area contributed by atoms with Gasteiger partial charge in [-0.3, -0.25) is 57.5 Å². The number of carbonyl (C=O) groups is 12. The molecule has 6 rings (SSSR count). The molecule has 1 aromatic rings. The summed E-state index contributed by atoms with van der Waals surface area (Å²) in [6.45, 7) is 13.9. The molecule has 2 aliphatic carbocycles. The monoisotopic (exact) mass is 1410 g/mol. The Labute approximate surface area is 587 Å². The van der Waals surface area contributed by atoms with E-state index >= 15 is 19.2 Å². The number of amides is 12. The first-order valence-corrected chi connectivity index (χ1v) is 35.9. The number of halogens is 4. The first kappa shape index (κ1) is 80.9. The predicted octanol–water partition coefficient (Wildman–Crippen LogP) is 5.79. The number of aryl methyl sites for hydroxylation is 1. The van der Waals surface area contributed by atoms with Crippen molar-refractivity contribution < 1.29 is 70.7 Å². The van der Waals surface area contributed by atoms with Gasteiger partial charge >= 0.3 is 6.18 Å². The molecular weight excluding hydrogens is 1310 g/mol. The lowest BCUT2D eigenvalue weighted by atomic mass is 9.84. The van der Waals surface area contributed by atoms with E-state index in [4.69, 9.17) is 11.6 Å². The van der Waals surface area contributed by atoms with E-state index < -0.39 is 173 Å². The molecule has 9 atom stereocenters. The molecule has 4 N–H and O–H groups in total. The molecule has 3 aliphatic heterocycles. The van der Waals surface area contributed by atoms with Crippen LogP contribution in [0, 0.1) is 29.1 Å². The quantitative estimate of drug-likeness (QED) is 0.194. The van der Waals surface area contributed by atoms with Crippen molar-refractivity contribution in [3.05, 3.63) is 34.3 Å². The SMILES string of the molecule is CC[C@H](C)[C@@H]1NC(=O)[C@H](CC(C)C)N(C)C(=O)C[C@@H](C(=O)N2CCC(C)(C)C2)NC(=O)[C@H]([C@@H](C)CC)N(C)C(=O)C2(CCCC2)NC(=O)C2CCCN2C(=O)[C@H](CCc2ccc(C(F)(F)F)c(Cl)c2)NC(=O)CN(C)C(=O)[C@H](CC2CCCCC2)N(C)C(=O)CN(C)C(=O)CN(C)C1=O. The van der Waals surface area contributed by atoms with Crippen LogP contribution in [0.4, 0.5) is 13.2 Å². The smallest absolute Gasteiger partial charge is 0.343 e. The number of likely N-dealkylation sites (tertiary alicyclic amines) is 1. The van der Waals surface area contributed by atoms with E-state index in [-0.39, 0.29) is 68.7 Å². The molecule has 99 heavy (non-hydrogen) atoms. The Hall–Kier alpha value is -7.06. The molecule has 0 aromatic heterocycles. The van der Waals surface area contributed by atoms with Gasteiger partial charge in [-0.2, -0.15) is 13.2 Å². The van der Waals surface area contributed by atoms with E-state index in [1.54, 1.807) is 18.7 Å². The maximum atomic E-state index is 15.4. The highest BCUT2D eigenvalue weighted by Gasteiger charge is 2.50. The van der Waals surface area contributed by atoms with Crippen LogP contribution in [-0.4, -0.2) is 239 Å². The molecule has 3 heterocycles. The van der Waals surface area contributed by atoms with E-state index in [2.05, 4.69) is 21.3 Å². The van der Waals surface area contributed by atoms with Crippen LogP contribution in [0.1, 0.15) is 182 Å². The van der Waals surface area contributed by atoms with Crippen molar-refractivity contribution in [1.82, 2.24) is 60.5 Å². The van der Waals surface area contributed by atoms with Crippen LogP contribution in [-0.2, 0) is 70.1 Å². The summed E-state index contributed by atoms with van der Waals surface area (Å²) in [5.41, 5.74) is -2.67. The van der Waals surface area contributed by atoms with E-state index in [1.165, 1.54) is 68.0 Å². The van der Waals surface area contributed by atoms with Crippen molar-refractivity contribution in [3.63, 3.8) is 0 Å². The second-order valence-electron chi connectivity index (χ2n) is 30.0. The molecule has 28 heteroatoms. The van der Waals surface area contributed by atoms with Crippen molar-refractivity contribution in [2.75, 3.05) is 81.6 Å². The Kier molecular flexibility index (Phi) is 28.6. The van der Waals surface area contributed by atoms with Crippen molar-refractivity contribution in [2.45, 2.75) is 231 Å². The van der Waals surface area contributed by atoms with Gasteiger partial charge in [0.1, 0.15) is 47.8 Å². The molecule has 5 aliphatic rings. The number of hydrogen-bond acceptors (Lipinski definition) is 12. The number of alkyl halides is 3. The molecule has 1 unspecified atom stereocenters. The summed E-state index contributed by atoms with van der Waals surface area (Å²) in [5.74, 6) is -9.29. The summed E-state index contributed by atoms with van der Waals surface area (Å²) in [6.07, 6.45) is 2.15. The van der Waals surface area contributed by atoms with E-state index in [9.17, 15) is 51.5 Å². The first-order chi connectivity index (χ1) is 46.3. The highest BCUT2D eigenvalue weighted by molar-refractivity contribution is 6.31. The van der Waals surface area contributed by atoms with Gasteiger partial charge in [0.2, 0.25) is 70.9 Å². The molecule has 0 radical (unpaired) electrons. The number of carbonyl (C=O) groups excluding carboxylic acids is 12. The lowest BCUT2D eigenvalue weighted by molar-refractivity contribution is -0.150. The zero-order chi connectivity index (χ0) is 73.8. The first-order valence-electron chi connectivity index (χ1n) is 35.5. The van der Waals surface area contributed by atoms with Gasteiger partial charge in [0.25, 0.3) is 0 Å². The number of nitrogens with one attached hydrogen (secondary N) is 4. The Morgan fingerprint density at radius 2 is 1.26 bits per heavy atom. The highest BCUT2D eigenvalue weighted by atomic mass is 35.5. The number of rotatable bonds is 12. The average molecular weight is 1420 g/mol. The second kappa shape index (κ2) is 35.0. The minimum absolute atomic E-state index is 0.0169. The normalized spacial score (nSPS) is 26.6. The lowest BCUT2D eigenvalue weighted by Crippen LogP contribution is -2.65. The third kappa shape index (κ3) is 20.8. The number of benzene rings is 1. The molecule has 2 saturated carbocycles. The van der Waals surface area contributed by atoms with Gasteiger partial charge in [-0.1, -0.05) is 131 Å².